The molecule has 0 fully saturated rings. The van der Waals surface area contributed by atoms with E-state index in [4.69, 9.17) is 19.9 Å². The van der Waals surface area contributed by atoms with E-state index in [1.54, 1.807) is 0 Å². The van der Waals surface area contributed by atoms with Crippen molar-refractivity contribution in [1.29, 1.82) is 0 Å². The number of hydrogen-bond donors (Lipinski definition) is 0. The standard InChI is InChI=1S/C49H36N4/c1-32(2)42-30-44(51-48-41(42)28-26-39-27-29-43(50-47(39)48)35-12-6-3-7-13-35)37-22-18-33(19-23-37)34-20-24-38(25-21-34)46-31-45(36-14-8-4-9-15-36)52-49(53-46)40-16-10-5-11-17-40/h3-32H,1-2H3. The predicted molar refractivity (Wildman–Crippen MR) is 219 cm³/mol. The van der Waals surface area contributed by atoms with Crippen molar-refractivity contribution in [1.82, 2.24) is 19.9 Å². The number of nitrogens with zero attached hydrogens (tertiary/aromatic N) is 4. The Morgan fingerprint density at radius 2 is 0.774 bits per heavy atom. The third-order valence-corrected chi connectivity index (χ3v) is 9.88. The minimum atomic E-state index is 0.328. The predicted octanol–water partition coefficient (Wildman–Crippen LogP) is 12.7. The van der Waals surface area contributed by atoms with Crippen LogP contribution < -0.4 is 0 Å². The van der Waals surface area contributed by atoms with Crippen LogP contribution in [-0.4, -0.2) is 19.9 Å². The molecule has 0 radical (unpaired) electrons. The molecule has 0 aliphatic carbocycles. The second-order valence-electron chi connectivity index (χ2n) is 13.7. The summed E-state index contributed by atoms with van der Waals surface area (Å²) in [5, 5.41) is 2.24. The maximum absolute atomic E-state index is 5.28. The van der Waals surface area contributed by atoms with E-state index in [1.165, 1.54) is 5.56 Å². The van der Waals surface area contributed by atoms with Crippen molar-refractivity contribution >= 4 is 21.8 Å². The minimum Gasteiger partial charge on any atom is -0.245 e. The molecule has 3 heterocycles. The minimum absolute atomic E-state index is 0.328. The summed E-state index contributed by atoms with van der Waals surface area (Å²) in [7, 11) is 0. The molecule has 4 heteroatoms. The Labute approximate surface area is 309 Å². The van der Waals surface area contributed by atoms with Crippen LogP contribution in [0, 0.1) is 0 Å². The Balaban J connectivity index is 1.06. The van der Waals surface area contributed by atoms with Gasteiger partial charge in [-0.3, -0.25) is 0 Å². The molecule has 0 N–H and O–H groups in total. The normalized spacial score (nSPS) is 11.4. The van der Waals surface area contributed by atoms with Crippen LogP contribution in [0.1, 0.15) is 25.3 Å². The highest BCUT2D eigenvalue weighted by atomic mass is 14.9. The van der Waals surface area contributed by atoms with Gasteiger partial charge in [-0.15, -0.1) is 0 Å². The summed E-state index contributed by atoms with van der Waals surface area (Å²) in [6, 6.07) is 61.1. The van der Waals surface area contributed by atoms with Gasteiger partial charge in [-0.1, -0.05) is 172 Å². The molecule has 53 heavy (non-hydrogen) atoms. The fourth-order valence-electron chi connectivity index (χ4n) is 7.03. The van der Waals surface area contributed by atoms with Gasteiger partial charge in [0, 0.05) is 38.6 Å². The highest BCUT2D eigenvalue weighted by molar-refractivity contribution is 6.05. The zero-order valence-electron chi connectivity index (χ0n) is 29.6. The fourth-order valence-corrected chi connectivity index (χ4v) is 7.03. The number of pyridine rings is 2. The third-order valence-electron chi connectivity index (χ3n) is 9.88. The lowest BCUT2D eigenvalue weighted by atomic mass is 9.94. The zero-order chi connectivity index (χ0) is 35.7. The van der Waals surface area contributed by atoms with Crippen LogP contribution in [0.5, 0.6) is 0 Å². The van der Waals surface area contributed by atoms with Crippen LogP contribution in [0.4, 0.5) is 0 Å². The van der Waals surface area contributed by atoms with Crippen molar-refractivity contribution in [3.8, 4) is 67.5 Å². The van der Waals surface area contributed by atoms with Gasteiger partial charge in [0.05, 0.1) is 33.8 Å². The fraction of sp³-hybridized carbons (Fsp3) is 0.0612. The topological polar surface area (TPSA) is 51.6 Å². The van der Waals surface area contributed by atoms with Crippen LogP contribution in [0.2, 0.25) is 0 Å². The number of benzene rings is 6. The van der Waals surface area contributed by atoms with Gasteiger partial charge >= 0.3 is 0 Å². The number of aromatic nitrogens is 4. The highest BCUT2D eigenvalue weighted by Gasteiger charge is 2.15. The molecule has 0 amide bonds. The molecule has 0 aliphatic heterocycles. The van der Waals surface area contributed by atoms with Gasteiger partial charge in [0.2, 0.25) is 0 Å². The number of fused-ring (bicyclic) bond motifs is 3. The SMILES string of the molecule is CC(C)c1cc(-c2ccc(-c3ccc(-c4cc(-c5ccccc5)nc(-c5ccccc5)n4)cc3)cc2)nc2c1ccc1ccc(-c3ccccc3)nc12. The molecule has 6 aromatic carbocycles. The van der Waals surface area contributed by atoms with Crippen molar-refractivity contribution in [3.63, 3.8) is 0 Å². The van der Waals surface area contributed by atoms with E-state index in [0.717, 1.165) is 83.5 Å². The first-order valence-corrected chi connectivity index (χ1v) is 18.1. The number of hydrogen-bond acceptors (Lipinski definition) is 4. The second kappa shape index (κ2) is 13.7. The Bertz CT molecular complexity index is 2650. The molecule has 0 saturated heterocycles. The van der Waals surface area contributed by atoms with Crippen molar-refractivity contribution in [2.75, 3.05) is 0 Å². The zero-order valence-corrected chi connectivity index (χ0v) is 29.6. The van der Waals surface area contributed by atoms with Crippen LogP contribution in [0.25, 0.3) is 89.4 Å². The Hall–Kier alpha value is -6.78. The summed E-state index contributed by atoms with van der Waals surface area (Å²) < 4.78 is 0. The average molecular weight is 681 g/mol. The molecule has 0 saturated carbocycles. The van der Waals surface area contributed by atoms with Gasteiger partial charge in [0.1, 0.15) is 0 Å². The van der Waals surface area contributed by atoms with Crippen LogP contribution in [0.3, 0.4) is 0 Å². The largest absolute Gasteiger partial charge is 0.245 e. The lowest BCUT2D eigenvalue weighted by molar-refractivity contribution is 0.875. The van der Waals surface area contributed by atoms with E-state index >= 15 is 0 Å². The first-order chi connectivity index (χ1) is 26.1. The van der Waals surface area contributed by atoms with Crippen molar-refractivity contribution < 1.29 is 0 Å². The summed E-state index contributed by atoms with van der Waals surface area (Å²) >= 11 is 0. The quantitative estimate of drug-likeness (QED) is 0.157. The van der Waals surface area contributed by atoms with Gasteiger partial charge < -0.3 is 0 Å². The Morgan fingerprint density at radius 3 is 1.32 bits per heavy atom. The smallest absolute Gasteiger partial charge is 0.160 e. The lowest BCUT2D eigenvalue weighted by Gasteiger charge is -2.15. The van der Waals surface area contributed by atoms with Crippen molar-refractivity contribution in [3.05, 3.63) is 181 Å². The second-order valence-corrected chi connectivity index (χ2v) is 13.7. The van der Waals surface area contributed by atoms with Gasteiger partial charge in [-0.2, -0.15) is 0 Å². The molecule has 0 unspecified atom stereocenters. The van der Waals surface area contributed by atoms with Crippen molar-refractivity contribution in [2.45, 2.75) is 19.8 Å². The average Bonchev–Trinajstić information content (AvgIpc) is 3.24. The molecular weight excluding hydrogens is 645 g/mol. The molecule has 3 aromatic heterocycles. The Kier molecular flexibility index (Phi) is 8.33. The molecule has 9 aromatic rings. The molecule has 9 rings (SSSR count). The first kappa shape index (κ1) is 32.1. The molecule has 0 spiro atoms. The van der Waals surface area contributed by atoms with Crippen molar-refractivity contribution in [2.24, 2.45) is 0 Å². The molecular formula is C49H36N4. The van der Waals surface area contributed by atoms with E-state index in [1.807, 2.05) is 42.5 Å². The molecule has 0 aliphatic rings. The summed E-state index contributed by atoms with van der Waals surface area (Å²) in [5.74, 6) is 1.04. The maximum Gasteiger partial charge on any atom is 0.160 e. The summed E-state index contributed by atoms with van der Waals surface area (Å²) in [5.41, 5.74) is 14.4. The summed E-state index contributed by atoms with van der Waals surface area (Å²) in [4.78, 5) is 20.4. The van der Waals surface area contributed by atoms with Gasteiger partial charge in [-0.05, 0) is 40.8 Å². The summed E-state index contributed by atoms with van der Waals surface area (Å²) in [6.07, 6.45) is 0. The van der Waals surface area contributed by atoms with Crippen LogP contribution in [-0.2, 0) is 0 Å². The van der Waals surface area contributed by atoms with Gasteiger partial charge in [0.15, 0.2) is 5.82 Å². The third kappa shape index (κ3) is 6.36. The maximum atomic E-state index is 5.28. The van der Waals surface area contributed by atoms with Gasteiger partial charge in [0.25, 0.3) is 0 Å². The molecule has 4 nitrogen and oxygen atoms in total. The Morgan fingerprint density at radius 1 is 0.340 bits per heavy atom. The van der Waals surface area contributed by atoms with Crippen LogP contribution >= 0.6 is 0 Å². The van der Waals surface area contributed by atoms with E-state index in [0.29, 0.717) is 11.7 Å². The van der Waals surface area contributed by atoms with E-state index in [9.17, 15) is 0 Å². The van der Waals surface area contributed by atoms with Crippen LogP contribution in [0.15, 0.2) is 176 Å². The highest BCUT2D eigenvalue weighted by Crippen LogP contribution is 2.35. The van der Waals surface area contributed by atoms with E-state index in [2.05, 4.69) is 147 Å². The van der Waals surface area contributed by atoms with E-state index < -0.39 is 0 Å². The number of rotatable bonds is 7. The molecule has 0 bridgehead atoms. The molecule has 252 valence electrons. The van der Waals surface area contributed by atoms with E-state index in [-0.39, 0.29) is 0 Å². The summed E-state index contributed by atoms with van der Waals surface area (Å²) in [6.45, 7) is 4.49. The monoisotopic (exact) mass is 680 g/mol. The van der Waals surface area contributed by atoms with Gasteiger partial charge in [-0.25, -0.2) is 19.9 Å². The first-order valence-electron chi connectivity index (χ1n) is 18.1. The lowest BCUT2D eigenvalue weighted by Crippen LogP contribution is -1.97. The molecule has 0 atom stereocenters.